The Bertz CT molecular complexity index is 1050. The van der Waals surface area contributed by atoms with Crippen LogP contribution in [0.5, 0.6) is 0 Å². The third-order valence-electron chi connectivity index (χ3n) is 4.27. The lowest BCUT2D eigenvalue weighted by Gasteiger charge is -2.31. The van der Waals surface area contributed by atoms with Crippen molar-refractivity contribution in [3.63, 3.8) is 0 Å². The van der Waals surface area contributed by atoms with Gasteiger partial charge in [0.25, 0.3) is 0 Å². The zero-order chi connectivity index (χ0) is 23.0. The quantitative estimate of drug-likeness (QED) is 0.307. The number of benzene rings is 3. The molecule has 0 atom stereocenters. The van der Waals surface area contributed by atoms with Gasteiger partial charge in [-0.1, -0.05) is 72.8 Å². The molecule has 0 N–H and O–H groups in total. The Balaban J connectivity index is 2.11. The van der Waals surface area contributed by atoms with E-state index in [4.69, 9.17) is 0 Å². The van der Waals surface area contributed by atoms with Gasteiger partial charge in [0.2, 0.25) is 0 Å². The van der Waals surface area contributed by atoms with Crippen LogP contribution in [0, 0.1) is 0 Å². The topological polar surface area (TPSA) is 190 Å². The second-order valence-electron chi connectivity index (χ2n) is 6.38. The molecule has 31 heavy (non-hydrogen) atoms. The van der Waals surface area contributed by atoms with Gasteiger partial charge in [-0.3, -0.25) is 0 Å². The first-order valence-corrected chi connectivity index (χ1v) is 14.4. The van der Waals surface area contributed by atoms with Crippen LogP contribution < -0.4 is 61.2 Å². The van der Waals surface area contributed by atoms with Gasteiger partial charge in [0.05, 0.1) is 0 Å². The number of hydrogen-bond acceptors (Lipinski definition) is 9. The lowest BCUT2D eigenvalue weighted by atomic mass is 10.3. The SMILES string of the molecule is O=P([O-])([O-])c1ccc(P(c2ccc(P(=O)([O-])[O-])cc2)c2ccc(P(=O)([O-])[O-])cc2)cc1. The second-order valence-corrected chi connectivity index (χ2v) is 13.1. The van der Waals surface area contributed by atoms with Crippen LogP contribution in [-0.4, -0.2) is 0 Å². The summed E-state index contributed by atoms with van der Waals surface area (Å²) in [6.45, 7) is 0. The molecule has 0 aliphatic rings. The van der Waals surface area contributed by atoms with Crippen LogP contribution in [0.2, 0.25) is 0 Å². The summed E-state index contributed by atoms with van der Waals surface area (Å²) in [5.74, 6) is 0. The molecular weight excluding hydrogens is 484 g/mol. The van der Waals surface area contributed by atoms with E-state index in [0.717, 1.165) is 36.4 Å². The van der Waals surface area contributed by atoms with Crippen molar-refractivity contribution >= 4 is 62.5 Å². The summed E-state index contributed by atoms with van der Waals surface area (Å²) >= 11 is 0. The van der Waals surface area contributed by atoms with E-state index >= 15 is 0 Å². The fourth-order valence-corrected chi connectivity index (χ4v) is 6.58. The van der Waals surface area contributed by atoms with Gasteiger partial charge in [-0.2, -0.15) is 0 Å². The average Bonchev–Trinajstić information content (AvgIpc) is 2.67. The molecule has 3 rings (SSSR count). The molecule has 0 bridgehead atoms. The molecule has 0 radical (unpaired) electrons. The summed E-state index contributed by atoms with van der Waals surface area (Å²) in [6.07, 6.45) is 0. The molecule has 0 saturated heterocycles. The summed E-state index contributed by atoms with van der Waals surface area (Å²) in [7, 11) is -16.3. The van der Waals surface area contributed by atoms with Crippen molar-refractivity contribution in [2.45, 2.75) is 0 Å². The summed E-state index contributed by atoms with van der Waals surface area (Å²) < 4.78 is 33.7. The Morgan fingerprint density at radius 3 is 0.774 bits per heavy atom. The van der Waals surface area contributed by atoms with Crippen LogP contribution in [0.15, 0.2) is 72.8 Å². The lowest BCUT2D eigenvalue weighted by Crippen LogP contribution is -2.29. The van der Waals surface area contributed by atoms with Crippen molar-refractivity contribution in [3.8, 4) is 0 Å². The Morgan fingerprint density at radius 2 is 0.613 bits per heavy atom. The molecule has 0 unspecified atom stereocenters. The number of rotatable bonds is 6. The van der Waals surface area contributed by atoms with Crippen LogP contribution in [0.3, 0.4) is 0 Å². The van der Waals surface area contributed by atoms with Gasteiger partial charge in [0.15, 0.2) is 0 Å². The minimum Gasteiger partial charge on any atom is -0.807 e. The molecule has 0 spiro atoms. The van der Waals surface area contributed by atoms with E-state index in [0.29, 0.717) is 15.9 Å². The minimum absolute atomic E-state index is 0.408. The average molecular weight is 496 g/mol. The lowest BCUT2D eigenvalue weighted by molar-refractivity contribution is -0.309. The Hall–Kier alpha value is -1.46. The van der Waals surface area contributed by atoms with Crippen LogP contribution >= 0.6 is 30.7 Å². The predicted octanol–water partition coefficient (Wildman–Crippen LogP) is -3.94. The predicted molar refractivity (Wildman–Crippen MR) is 107 cm³/mol. The standard InChI is InChI=1S/C18H18O9P4/c19-29(20,21)16-7-1-13(2-8-16)28(14-3-9-17(10-4-14)30(22,23)24)15-5-11-18(12-6-15)31(25,26)27/h1-12H,(H2,19,20,21)(H2,22,23,24)(H2,25,26,27)/p-6. The Labute approximate surface area is 178 Å². The van der Waals surface area contributed by atoms with Crippen molar-refractivity contribution < 1.29 is 43.1 Å². The molecule has 0 heterocycles. The highest BCUT2D eigenvalue weighted by molar-refractivity contribution is 7.79. The van der Waals surface area contributed by atoms with E-state index in [1.165, 1.54) is 36.4 Å². The van der Waals surface area contributed by atoms with E-state index in [9.17, 15) is 43.1 Å². The summed E-state index contributed by atoms with van der Waals surface area (Å²) in [5, 5.41) is 0.463. The van der Waals surface area contributed by atoms with Crippen molar-refractivity contribution in [1.29, 1.82) is 0 Å². The van der Waals surface area contributed by atoms with Crippen LogP contribution in [0.4, 0.5) is 0 Å². The van der Waals surface area contributed by atoms with Crippen LogP contribution in [-0.2, 0) is 13.7 Å². The van der Waals surface area contributed by atoms with Gasteiger partial charge < -0.3 is 43.1 Å². The fraction of sp³-hybridized carbons (Fsp3) is 0. The normalized spacial score (nSPS) is 12.9. The van der Waals surface area contributed by atoms with Gasteiger partial charge in [0, 0.05) is 0 Å². The van der Waals surface area contributed by atoms with E-state index < -0.39 is 46.6 Å². The molecule has 0 aromatic heterocycles. The Kier molecular flexibility index (Phi) is 6.88. The molecule has 3 aromatic rings. The maximum Gasteiger partial charge on any atom is -0.0134 e. The largest absolute Gasteiger partial charge is 0.807 e. The molecule has 9 nitrogen and oxygen atoms in total. The molecule has 0 fully saturated rings. The van der Waals surface area contributed by atoms with Crippen molar-refractivity contribution in [2.75, 3.05) is 0 Å². The molecule has 0 aliphatic heterocycles. The first kappa shape index (κ1) is 24.2. The molecule has 0 saturated carbocycles. The van der Waals surface area contributed by atoms with E-state index in [-0.39, 0.29) is 0 Å². The summed E-state index contributed by atoms with van der Waals surface area (Å²) in [4.78, 5) is 67.3. The molecule has 13 heteroatoms. The van der Waals surface area contributed by atoms with Crippen LogP contribution in [0.1, 0.15) is 0 Å². The maximum atomic E-state index is 11.2. The molecule has 3 aromatic carbocycles. The molecule has 164 valence electrons. The highest BCUT2D eigenvalue weighted by Crippen LogP contribution is 2.34. The smallest absolute Gasteiger partial charge is 0.0134 e. The first-order valence-electron chi connectivity index (χ1n) is 8.45. The zero-order valence-electron chi connectivity index (χ0n) is 15.4. The third kappa shape index (κ3) is 5.87. The summed E-state index contributed by atoms with van der Waals surface area (Å²) in [6, 6.07) is 15.4. The van der Waals surface area contributed by atoms with E-state index in [1.807, 2.05) is 0 Å². The first-order chi connectivity index (χ1) is 14.3. The zero-order valence-corrected chi connectivity index (χ0v) is 19.0. The molecule has 0 aliphatic carbocycles. The number of hydrogen-bond donors (Lipinski definition) is 0. The Morgan fingerprint density at radius 1 is 0.419 bits per heavy atom. The highest BCUT2D eigenvalue weighted by atomic mass is 31.2. The van der Waals surface area contributed by atoms with Gasteiger partial charge in [-0.05, 0) is 62.5 Å². The van der Waals surface area contributed by atoms with Crippen molar-refractivity contribution in [3.05, 3.63) is 72.8 Å². The molecule has 0 amide bonds. The monoisotopic (exact) mass is 496 g/mol. The second kappa shape index (κ2) is 8.82. The summed E-state index contributed by atoms with van der Waals surface area (Å²) in [5.41, 5.74) is 0. The van der Waals surface area contributed by atoms with Crippen LogP contribution in [0.25, 0.3) is 0 Å². The van der Waals surface area contributed by atoms with E-state index in [1.54, 1.807) is 0 Å². The van der Waals surface area contributed by atoms with Gasteiger partial charge >= 0.3 is 0 Å². The van der Waals surface area contributed by atoms with Crippen molar-refractivity contribution in [1.82, 2.24) is 0 Å². The van der Waals surface area contributed by atoms with Gasteiger partial charge in [-0.15, -0.1) is 0 Å². The van der Waals surface area contributed by atoms with Gasteiger partial charge in [0.1, 0.15) is 0 Å². The third-order valence-corrected chi connectivity index (χ3v) is 9.51. The highest BCUT2D eigenvalue weighted by Gasteiger charge is 2.17. The minimum atomic E-state index is -4.96. The molecular formula is C18H12O9P4-6. The fourth-order valence-electron chi connectivity index (χ4n) is 2.80. The van der Waals surface area contributed by atoms with E-state index in [2.05, 4.69) is 0 Å². The van der Waals surface area contributed by atoms with Gasteiger partial charge in [-0.25, -0.2) is 0 Å². The van der Waals surface area contributed by atoms with Crippen molar-refractivity contribution in [2.24, 2.45) is 0 Å². The maximum absolute atomic E-state index is 11.2.